The predicted molar refractivity (Wildman–Crippen MR) is 61.2 cm³/mol. The van der Waals surface area contributed by atoms with Crippen LogP contribution in [-0.4, -0.2) is 29.3 Å². The molecule has 1 unspecified atom stereocenters. The molecular weight excluding hydrogens is 212 g/mol. The maximum atomic E-state index is 5.65. The average Bonchev–Trinajstić information content (AvgIpc) is 2.30. The van der Waals surface area contributed by atoms with Crippen LogP contribution in [0.5, 0.6) is 0 Å². The van der Waals surface area contributed by atoms with E-state index < -0.39 is 0 Å². The average molecular weight is 227 g/mol. The molecule has 1 aliphatic heterocycles. The van der Waals surface area contributed by atoms with Gasteiger partial charge in [-0.15, -0.1) is 10.2 Å². The van der Waals surface area contributed by atoms with Crippen LogP contribution in [0.15, 0.2) is 12.1 Å². The van der Waals surface area contributed by atoms with Gasteiger partial charge in [-0.2, -0.15) is 0 Å². The van der Waals surface area contributed by atoms with Crippen LogP contribution in [0, 0.1) is 0 Å². The summed E-state index contributed by atoms with van der Waals surface area (Å²) in [5.41, 5.74) is 0. The summed E-state index contributed by atoms with van der Waals surface area (Å²) in [5.74, 6) is 0.784. The van der Waals surface area contributed by atoms with Gasteiger partial charge in [0, 0.05) is 12.6 Å². The van der Waals surface area contributed by atoms with Crippen LogP contribution in [0.25, 0.3) is 0 Å². The van der Waals surface area contributed by atoms with E-state index in [1.165, 1.54) is 19.3 Å². The molecule has 1 aromatic heterocycles. The molecule has 82 valence electrons. The summed E-state index contributed by atoms with van der Waals surface area (Å²) in [7, 11) is 0. The molecule has 0 spiro atoms. The number of nitrogens with zero attached hydrogens (tertiary/aromatic N) is 2. The predicted octanol–water partition coefficient (Wildman–Crippen LogP) is 1.68. The Morgan fingerprint density at radius 2 is 2.33 bits per heavy atom. The molecule has 2 heterocycles. The summed E-state index contributed by atoms with van der Waals surface area (Å²) < 4.78 is 0. The second-order valence-electron chi connectivity index (χ2n) is 3.77. The number of hydrogen-bond acceptors (Lipinski definition) is 4. The van der Waals surface area contributed by atoms with Crippen LogP contribution in [0.3, 0.4) is 0 Å². The molecule has 5 heteroatoms. The van der Waals surface area contributed by atoms with Crippen molar-refractivity contribution in [1.82, 2.24) is 15.5 Å². The van der Waals surface area contributed by atoms with Crippen LogP contribution < -0.4 is 10.6 Å². The molecule has 1 saturated heterocycles. The van der Waals surface area contributed by atoms with Crippen molar-refractivity contribution in [3.8, 4) is 0 Å². The number of hydrogen-bond donors (Lipinski definition) is 2. The quantitative estimate of drug-likeness (QED) is 0.824. The van der Waals surface area contributed by atoms with Gasteiger partial charge in [-0.05, 0) is 31.5 Å². The fourth-order valence-electron chi connectivity index (χ4n) is 1.74. The normalized spacial score (nSPS) is 21.3. The zero-order chi connectivity index (χ0) is 10.5. The van der Waals surface area contributed by atoms with E-state index in [9.17, 15) is 0 Å². The number of halogens is 1. The van der Waals surface area contributed by atoms with Crippen LogP contribution in [0.2, 0.25) is 5.15 Å². The highest BCUT2D eigenvalue weighted by Crippen LogP contribution is 2.09. The second-order valence-corrected chi connectivity index (χ2v) is 4.16. The summed E-state index contributed by atoms with van der Waals surface area (Å²) in [6, 6.07) is 4.14. The first-order valence-corrected chi connectivity index (χ1v) is 5.69. The first-order chi connectivity index (χ1) is 7.34. The smallest absolute Gasteiger partial charge is 0.151 e. The largest absolute Gasteiger partial charge is 0.367 e. The Morgan fingerprint density at radius 3 is 3.00 bits per heavy atom. The third-order valence-electron chi connectivity index (χ3n) is 2.57. The molecular formula is C10H15ClN4. The van der Waals surface area contributed by atoms with Gasteiger partial charge in [0.15, 0.2) is 5.15 Å². The highest BCUT2D eigenvalue weighted by atomic mass is 35.5. The van der Waals surface area contributed by atoms with Crippen LogP contribution in [-0.2, 0) is 0 Å². The van der Waals surface area contributed by atoms with Crippen molar-refractivity contribution in [2.24, 2.45) is 0 Å². The lowest BCUT2D eigenvalue weighted by Gasteiger charge is -2.23. The molecule has 0 bridgehead atoms. The molecule has 1 aliphatic rings. The summed E-state index contributed by atoms with van der Waals surface area (Å²) in [6.07, 6.45) is 3.83. The molecule has 0 aromatic carbocycles. The lowest BCUT2D eigenvalue weighted by Crippen LogP contribution is -2.39. The molecule has 0 aliphatic carbocycles. The Balaban J connectivity index is 1.79. The second kappa shape index (κ2) is 5.28. The van der Waals surface area contributed by atoms with Gasteiger partial charge in [-0.3, -0.25) is 0 Å². The number of rotatable bonds is 3. The highest BCUT2D eigenvalue weighted by molar-refractivity contribution is 6.29. The van der Waals surface area contributed by atoms with Crippen molar-refractivity contribution in [2.75, 3.05) is 18.4 Å². The van der Waals surface area contributed by atoms with Crippen molar-refractivity contribution in [2.45, 2.75) is 25.3 Å². The van der Waals surface area contributed by atoms with Gasteiger partial charge in [-0.25, -0.2) is 0 Å². The molecule has 2 rings (SSSR count). The minimum atomic E-state index is 0.427. The van der Waals surface area contributed by atoms with Gasteiger partial charge in [0.2, 0.25) is 0 Å². The first kappa shape index (κ1) is 10.6. The van der Waals surface area contributed by atoms with E-state index in [0.717, 1.165) is 18.9 Å². The van der Waals surface area contributed by atoms with Crippen LogP contribution >= 0.6 is 11.6 Å². The fraction of sp³-hybridized carbons (Fsp3) is 0.600. The van der Waals surface area contributed by atoms with E-state index in [1.807, 2.05) is 6.07 Å². The van der Waals surface area contributed by atoms with Gasteiger partial charge >= 0.3 is 0 Å². The van der Waals surface area contributed by atoms with E-state index in [1.54, 1.807) is 6.07 Å². The van der Waals surface area contributed by atoms with E-state index in [0.29, 0.717) is 11.2 Å². The lowest BCUT2D eigenvalue weighted by molar-refractivity contribution is 0.414. The van der Waals surface area contributed by atoms with Crippen LogP contribution in [0.4, 0.5) is 5.82 Å². The standard InChI is InChI=1S/C10H15ClN4/c11-9-4-5-10(15-14-9)13-7-8-3-1-2-6-12-8/h4-5,8,12H,1-3,6-7H2,(H,13,15). The zero-order valence-electron chi connectivity index (χ0n) is 8.54. The van der Waals surface area contributed by atoms with Gasteiger partial charge in [0.25, 0.3) is 0 Å². The Bertz CT molecular complexity index is 295. The minimum absolute atomic E-state index is 0.427. The first-order valence-electron chi connectivity index (χ1n) is 5.31. The van der Waals surface area contributed by atoms with Crippen molar-refractivity contribution in [3.63, 3.8) is 0 Å². The van der Waals surface area contributed by atoms with E-state index in [2.05, 4.69) is 20.8 Å². The molecule has 15 heavy (non-hydrogen) atoms. The van der Waals surface area contributed by atoms with Crippen molar-refractivity contribution < 1.29 is 0 Å². The van der Waals surface area contributed by atoms with Crippen molar-refractivity contribution in [3.05, 3.63) is 17.3 Å². The number of nitrogens with one attached hydrogen (secondary N) is 2. The van der Waals surface area contributed by atoms with Gasteiger partial charge in [-0.1, -0.05) is 18.0 Å². The molecule has 2 N–H and O–H groups in total. The van der Waals surface area contributed by atoms with E-state index in [4.69, 9.17) is 11.6 Å². The molecule has 1 aromatic rings. The molecule has 0 saturated carbocycles. The fourth-order valence-corrected chi connectivity index (χ4v) is 1.84. The lowest BCUT2D eigenvalue weighted by atomic mass is 10.1. The SMILES string of the molecule is Clc1ccc(NCC2CCCCN2)nn1. The molecule has 1 atom stereocenters. The Hall–Kier alpha value is -0.870. The summed E-state index contributed by atoms with van der Waals surface area (Å²) >= 11 is 5.65. The van der Waals surface area contributed by atoms with Crippen LogP contribution in [0.1, 0.15) is 19.3 Å². The molecule has 0 amide bonds. The topological polar surface area (TPSA) is 49.8 Å². The highest BCUT2D eigenvalue weighted by Gasteiger charge is 2.11. The number of aromatic nitrogens is 2. The molecule has 4 nitrogen and oxygen atoms in total. The van der Waals surface area contributed by atoms with Crippen molar-refractivity contribution in [1.29, 1.82) is 0 Å². The Morgan fingerprint density at radius 1 is 1.40 bits per heavy atom. The third-order valence-corrected chi connectivity index (χ3v) is 2.78. The van der Waals surface area contributed by atoms with Gasteiger partial charge < -0.3 is 10.6 Å². The monoisotopic (exact) mass is 226 g/mol. The Labute approximate surface area is 94.4 Å². The number of piperidine rings is 1. The van der Waals surface area contributed by atoms with E-state index >= 15 is 0 Å². The maximum absolute atomic E-state index is 5.65. The zero-order valence-corrected chi connectivity index (χ0v) is 9.30. The number of anilines is 1. The molecule has 0 radical (unpaired) electrons. The third kappa shape index (κ3) is 3.32. The van der Waals surface area contributed by atoms with Gasteiger partial charge in [0.1, 0.15) is 5.82 Å². The Kier molecular flexibility index (Phi) is 3.75. The minimum Gasteiger partial charge on any atom is -0.367 e. The summed E-state index contributed by atoms with van der Waals surface area (Å²) in [4.78, 5) is 0. The van der Waals surface area contributed by atoms with Crippen molar-refractivity contribution >= 4 is 17.4 Å². The van der Waals surface area contributed by atoms with E-state index in [-0.39, 0.29) is 0 Å². The summed E-state index contributed by atoms with van der Waals surface area (Å²) in [5, 5.41) is 14.9. The maximum Gasteiger partial charge on any atom is 0.151 e. The molecule has 1 fully saturated rings. The van der Waals surface area contributed by atoms with Gasteiger partial charge in [0.05, 0.1) is 0 Å². The summed E-state index contributed by atoms with van der Waals surface area (Å²) in [6.45, 7) is 2.02.